The highest BCUT2D eigenvalue weighted by Gasteiger charge is 2.04. The lowest BCUT2D eigenvalue weighted by Crippen LogP contribution is -2.03. The topological polar surface area (TPSA) is 9.23 Å². The van der Waals surface area contributed by atoms with Crippen LogP contribution >= 0.6 is 0 Å². The van der Waals surface area contributed by atoms with E-state index in [1.807, 2.05) is 32.0 Å². The lowest BCUT2D eigenvalue weighted by atomic mass is 10.1. The standard InChI is InChI=1S/C11H14F2O/c1-8-3-4-10(9(2)7-8)14-6-5-11(12)13/h3-4,7,11H,5-6H2,1-2H3. The maximum absolute atomic E-state index is 11.8. The summed E-state index contributed by atoms with van der Waals surface area (Å²) in [6.07, 6.45) is -2.51. The molecule has 1 rings (SSSR count). The first kappa shape index (κ1) is 11.0. The van der Waals surface area contributed by atoms with Gasteiger partial charge in [0.05, 0.1) is 6.61 Å². The number of alkyl halides is 2. The van der Waals surface area contributed by atoms with Crippen molar-refractivity contribution in [1.29, 1.82) is 0 Å². The maximum atomic E-state index is 11.8. The Morgan fingerprint density at radius 1 is 1.29 bits per heavy atom. The molecule has 1 aromatic carbocycles. The molecule has 3 heteroatoms. The van der Waals surface area contributed by atoms with Crippen molar-refractivity contribution < 1.29 is 13.5 Å². The minimum absolute atomic E-state index is 0.0710. The third-order valence-corrected chi connectivity index (χ3v) is 1.92. The second-order valence-electron chi connectivity index (χ2n) is 3.30. The molecule has 0 spiro atoms. The quantitative estimate of drug-likeness (QED) is 0.724. The summed E-state index contributed by atoms with van der Waals surface area (Å²) in [5.74, 6) is 0.691. The molecule has 0 aliphatic carbocycles. The molecule has 1 nitrogen and oxygen atoms in total. The first-order valence-electron chi connectivity index (χ1n) is 4.58. The van der Waals surface area contributed by atoms with Gasteiger partial charge in [-0.3, -0.25) is 0 Å². The second-order valence-corrected chi connectivity index (χ2v) is 3.30. The lowest BCUT2D eigenvalue weighted by molar-refractivity contribution is 0.114. The van der Waals surface area contributed by atoms with E-state index < -0.39 is 6.43 Å². The Hall–Kier alpha value is -1.12. The van der Waals surface area contributed by atoms with E-state index >= 15 is 0 Å². The van der Waals surface area contributed by atoms with Gasteiger partial charge < -0.3 is 4.74 Å². The third kappa shape index (κ3) is 3.32. The molecule has 0 saturated heterocycles. The first-order chi connectivity index (χ1) is 6.59. The number of aryl methyl sites for hydroxylation is 2. The summed E-state index contributed by atoms with van der Waals surface area (Å²) in [6.45, 7) is 3.96. The Balaban J connectivity index is 2.51. The zero-order valence-corrected chi connectivity index (χ0v) is 8.39. The van der Waals surface area contributed by atoms with E-state index in [4.69, 9.17) is 4.74 Å². The van der Waals surface area contributed by atoms with Gasteiger partial charge in [0.15, 0.2) is 0 Å². The van der Waals surface area contributed by atoms with Crippen LogP contribution < -0.4 is 4.74 Å². The molecular weight excluding hydrogens is 186 g/mol. The summed E-state index contributed by atoms with van der Waals surface area (Å²) in [5.41, 5.74) is 2.13. The van der Waals surface area contributed by atoms with Crippen LogP contribution in [0.5, 0.6) is 5.75 Å². The van der Waals surface area contributed by atoms with Crippen molar-refractivity contribution in [1.82, 2.24) is 0 Å². The summed E-state index contributed by atoms with van der Waals surface area (Å²) in [7, 11) is 0. The number of rotatable bonds is 4. The number of halogens is 2. The normalized spacial score (nSPS) is 10.6. The van der Waals surface area contributed by atoms with Crippen LogP contribution in [0.15, 0.2) is 18.2 Å². The Labute approximate surface area is 82.7 Å². The molecule has 0 aliphatic heterocycles. The molecule has 0 heterocycles. The van der Waals surface area contributed by atoms with Gasteiger partial charge in [-0.2, -0.15) is 0 Å². The largest absolute Gasteiger partial charge is 0.493 e. The van der Waals surface area contributed by atoms with Gasteiger partial charge >= 0.3 is 0 Å². The van der Waals surface area contributed by atoms with Gasteiger partial charge in [0.2, 0.25) is 6.43 Å². The number of ether oxygens (including phenoxy) is 1. The summed E-state index contributed by atoms with van der Waals surface area (Å²) in [5, 5.41) is 0. The maximum Gasteiger partial charge on any atom is 0.241 e. The van der Waals surface area contributed by atoms with Crippen LogP contribution in [0.3, 0.4) is 0 Å². The summed E-state index contributed by atoms with van der Waals surface area (Å²) >= 11 is 0. The number of hydrogen-bond acceptors (Lipinski definition) is 1. The second kappa shape index (κ2) is 4.94. The van der Waals surface area contributed by atoms with E-state index in [0.717, 1.165) is 11.1 Å². The van der Waals surface area contributed by atoms with Crippen molar-refractivity contribution >= 4 is 0 Å². The van der Waals surface area contributed by atoms with Crippen LogP contribution in [0.2, 0.25) is 0 Å². The number of benzene rings is 1. The first-order valence-corrected chi connectivity index (χ1v) is 4.58. The van der Waals surface area contributed by atoms with Crippen LogP contribution in [-0.4, -0.2) is 13.0 Å². The minimum Gasteiger partial charge on any atom is -0.493 e. The van der Waals surface area contributed by atoms with Crippen LogP contribution in [0.1, 0.15) is 17.5 Å². The SMILES string of the molecule is Cc1ccc(OCCC(F)F)c(C)c1. The summed E-state index contributed by atoms with van der Waals surface area (Å²) in [4.78, 5) is 0. The van der Waals surface area contributed by atoms with Crippen molar-refractivity contribution in [2.75, 3.05) is 6.61 Å². The highest BCUT2D eigenvalue weighted by Crippen LogP contribution is 2.19. The third-order valence-electron chi connectivity index (χ3n) is 1.92. The predicted octanol–water partition coefficient (Wildman–Crippen LogP) is 3.34. The van der Waals surface area contributed by atoms with Gasteiger partial charge in [-0.05, 0) is 25.5 Å². The fourth-order valence-electron chi connectivity index (χ4n) is 1.22. The fourth-order valence-corrected chi connectivity index (χ4v) is 1.22. The van der Waals surface area contributed by atoms with E-state index in [1.54, 1.807) is 0 Å². The highest BCUT2D eigenvalue weighted by molar-refractivity contribution is 5.35. The smallest absolute Gasteiger partial charge is 0.241 e. The van der Waals surface area contributed by atoms with Crippen LogP contribution in [-0.2, 0) is 0 Å². The molecule has 0 aromatic heterocycles. The van der Waals surface area contributed by atoms with Crippen LogP contribution in [0.25, 0.3) is 0 Å². The van der Waals surface area contributed by atoms with Gasteiger partial charge in [-0.15, -0.1) is 0 Å². The van der Waals surface area contributed by atoms with Gasteiger partial charge in [-0.25, -0.2) is 8.78 Å². The van der Waals surface area contributed by atoms with Crippen molar-refractivity contribution in [2.45, 2.75) is 26.7 Å². The molecule has 14 heavy (non-hydrogen) atoms. The average Bonchev–Trinajstić information content (AvgIpc) is 2.08. The Morgan fingerprint density at radius 3 is 2.57 bits per heavy atom. The van der Waals surface area contributed by atoms with Crippen molar-refractivity contribution in [3.8, 4) is 5.75 Å². The molecule has 0 radical (unpaired) electrons. The van der Waals surface area contributed by atoms with E-state index in [9.17, 15) is 8.78 Å². The molecule has 0 unspecified atom stereocenters. The lowest BCUT2D eigenvalue weighted by Gasteiger charge is -2.09. The van der Waals surface area contributed by atoms with Crippen molar-refractivity contribution in [2.24, 2.45) is 0 Å². The number of hydrogen-bond donors (Lipinski definition) is 0. The Kier molecular flexibility index (Phi) is 3.86. The van der Waals surface area contributed by atoms with E-state index in [0.29, 0.717) is 5.75 Å². The molecule has 0 atom stereocenters. The van der Waals surface area contributed by atoms with Crippen molar-refractivity contribution in [3.05, 3.63) is 29.3 Å². The Morgan fingerprint density at radius 2 is 2.00 bits per heavy atom. The Bertz CT molecular complexity index is 297. The highest BCUT2D eigenvalue weighted by atomic mass is 19.3. The fraction of sp³-hybridized carbons (Fsp3) is 0.455. The monoisotopic (exact) mass is 200 g/mol. The van der Waals surface area contributed by atoms with Crippen LogP contribution in [0.4, 0.5) is 8.78 Å². The molecule has 78 valence electrons. The van der Waals surface area contributed by atoms with E-state index in [2.05, 4.69) is 0 Å². The van der Waals surface area contributed by atoms with E-state index in [1.165, 1.54) is 0 Å². The average molecular weight is 200 g/mol. The van der Waals surface area contributed by atoms with Gasteiger partial charge in [0.25, 0.3) is 0 Å². The zero-order valence-electron chi connectivity index (χ0n) is 8.39. The molecular formula is C11H14F2O. The molecule has 0 amide bonds. The minimum atomic E-state index is -2.29. The summed E-state index contributed by atoms with van der Waals surface area (Å²) in [6, 6.07) is 5.69. The molecule has 0 fully saturated rings. The van der Waals surface area contributed by atoms with Gasteiger partial charge in [0, 0.05) is 6.42 Å². The van der Waals surface area contributed by atoms with Gasteiger partial charge in [0.1, 0.15) is 5.75 Å². The molecule has 0 N–H and O–H groups in total. The van der Waals surface area contributed by atoms with Gasteiger partial charge in [-0.1, -0.05) is 17.7 Å². The predicted molar refractivity (Wildman–Crippen MR) is 52.0 cm³/mol. The van der Waals surface area contributed by atoms with Crippen LogP contribution in [0, 0.1) is 13.8 Å². The molecule has 0 aliphatic rings. The van der Waals surface area contributed by atoms with Crippen molar-refractivity contribution in [3.63, 3.8) is 0 Å². The van der Waals surface area contributed by atoms with E-state index in [-0.39, 0.29) is 13.0 Å². The zero-order chi connectivity index (χ0) is 10.6. The molecule has 1 aromatic rings. The summed E-state index contributed by atoms with van der Waals surface area (Å²) < 4.78 is 28.9. The molecule has 0 saturated carbocycles. The molecule has 0 bridgehead atoms.